The summed E-state index contributed by atoms with van der Waals surface area (Å²) in [5, 5.41) is 12.5. The molecule has 1 saturated carbocycles. The molecule has 11 heteroatoms. The Morgan fingerprint density at radius 1 is 1.03 bits per heavy atom. The summed E-state index contributed by atoms with van der Waals surface area (Å²) in [5.41, 5.74) is 1.83. The largest absolute Gasteiger partial charge is 0.586 e. The van der Waals surface area contributed by atoms with Gasteiger partial charge in [0.15, 0.2) is 11.5 Å². The second-order valence-electron chi connectivity index (χ2n) is 10.1. The molecule has 2 fully saturated rings. The maximum absolute atomic E-state index is 13.4. The lowest BCUT2D eigenvalue weighted by atomic mass is 9.94. The highest BCUT2D eigenvalue weighted by molar-refractivity contribution is 7.89. The number of sulfonamides is 1. The number of hydrogen-bond acceptors (Lipinski definition) is 6. The maximum Gasteiger partial charge on any atom is 0.586 e. The van der Waals surface area contributed by atoms with E-state index >= 15 is 0 Å². The molecule has 3 aromatic carbocycles. The molecule has 1 atom stereocenters. The second-order valence-corrected chi connectivity index (χ2v) is 12.0. The van der Waals surface area contributed by atoms with Crippen LogP contribution in [0.2, 0.25) is 0 Å². The van der Waals surface area contributed by atoms with E-state index in [4.69, 9.17) is 0 Å². The molecule has 1 aliphatic carbocycles. The molecule has 6 rings (SSSR count). The van der Waals surface area contributed by atoms with Gasteiger partial charge in [-0.2, -0.15) is 4.31 Å². The first kappa shape index (κ1) is 25.7. The third-order valence-corrected chi connectivity index (χ3v) is 9.55. The number of carbonyl (C=O) groups is 1. The van der Waals surface area contributed by atoms with Crippen molar-refractivity contribution in [3.63, 3.8) is 0 Å². The molecule has 0 radical (unpaired) electrons. The van der Waals surface area contributed by atoms with Crippen LogP contribution in [0.15, 0.2) is 71.6 Å². The number of carbonyl (C=O) groups excluding carboxylic acids is 1. The average Bonchev–Trinajstić information content (AvgIpc) is 3.47. The van der Waals surface area contributed by atoms with Crippen molar-refractivity contribution >= 4 is 21.6 Å². The monoisotopic (exact) mass is 560 g/mol. The van der Waals surface area contributed by atoms with E-state index in [0.717, 1.165) is 11.1 Å². The van der Waals surface area contributed by atoms with Crippen molar-refractivity contribution in [1.29, 1.82) is 0 Å². The van der Waals surface area contributed by atoms with Gasteiger partial charge < -0.3 is 19.9 Å². The van der Waals surface area contributed by atoms with Gasteiger partial charge in [0.2, 0.25) is 15.9 Å². The fourth-order valence-electron chi connectivity index (χ4n) is 5.31. The summed E-state index contributed by atoms with van der Waals surface area (Å²) in [6.45, 7) is 0.180. The third kappa shape index (κ3) is 4.64. The first-order valence-electron chi connectivity index (χ1n) is 12.7. The molecular weight excluding hydrogens is 530 g/mol. The van der Waals surface area contributed by atoms with Crippen LogP contribution in [0, 0.1) is 0 Å². The van der Waals surface area contributed by atoms with Crippen molar-refractivity contribution in [1.82, 2.24) is 4.31 Å². The standard InChI is InChI=1S/C28H26F2N2O6S.2H2/c29-28(30)37-24-11-8-20(16-25(24)38-28)27(12-13-27)26(34)31-21-4-1-3-19(15-21)18-6-9-23(10-7-18)39(35,36)32-14-2-5-22(32)17-33;;/h1,3-4,6-11,15-16,22,33H,2,5,12-14,17H2,(H,31,34);2*1H/t22-;;/m1../s1. The van der Waals surface area contributed by atoms with Gasteiger partial charge in [-0.05, 0) is 78.8 Å². The number of aliphatic hydroxyl groups excluding tert-OH is 1. The van der Waals surface area contributed by atoms with Gasteiger partial charge in [0.05, 0.1) is 16.9 Å². The number of rotatable bonds is 7. The number of halogens is 2. The predicted molar refractivity (Wildman–Crippen MR) is 142 cm³/mol. The summed E-state index contributed by atoms with van der Waals surface area (Å²) in [5.74, 6) is -0.420. The molecular formula is C28H30F2N2O6S. The molecule has 2 N–H and O–H groups in total. The van der Waals surface area contributed by atoms with Crippen molar-refractivity contribution in [3.05, 3.63) is 72.3 Å². The van der Waals surface area contributed by atoms with E-state index in [1.807, 2.05) is 6.07 Å². The van der Waals surface area contributed by atoms with E-state index in [0.29, 0.717) is 43.5 Å². The minimum Gasteiger partial charge on any atom is -0.395 e. The summed E-state index contributed by atoms with van der Waals surface area (Å²) in [7, 11) is -3.71. The van der Waals surface area contributed by atoms with Gasteiger partial charge in [-0.1, -0.05) is 30.3 Å². The van der Waals surface area contributed by atoms with Gasteiger partial charge >= 0.3 is 6.29 Å². The molecule has 8 nitrogen and oxygen atoms in total. The molecule has 1 saturated heterocycles. The zero-order valence-electron chi connectivity index (χ0n) is 20.8. The minimum atomic E-state index is -3.72. The molecule has 3 aliphatic rings. The van der Waals surface area contributed by atoms with Crippen LogP contribution < -0.4 is 14.8 Å². The van der Waals surface area contributed by atoms with Crippen molar-refractivity contribution in [2.75, 3.05) is 18.5 Å². The molecule has 0 bridgehead atoms. The summed E-state index contributed by atoms with van der Waals surface area (Å²) in [6.07, 6.45) is -1.23. The molecule has 0 aromatic heterocycles. The van der Waals surface area contributed by atoms with Crippen LogP contribution >= 0.6 is 0 Å². The van der Waals surface area contributed by atoms with Gasteiger partial charge in [-0.3, -0.25) is 4.79 Å². The Hall–Kier alpha value is -3.54. The highest BCUT2D eigenvalue weighted by Gasteiger charge is 2.52. The molecule has 2 heterocycles. The second kappa shape index (κ2) is 9.29. The fourth-order valence-corrected chi connectivity index (χ4v) is 6.99. The third-order valence-electron chi connectivity index (χ3n) is 7.59. The molecule has 3 aromatic rings. The van der Waals surface area contributed by atoms with Gasteiger partial charge in [0.1, 0.15) is 0 Å². The number of nitrogens with one attached hydrogen (secondary N) is 1. The van der Waals surface area contributed by atoms with Crippen molar-refractivity contribution in [2.24, 2.45) is 0 Å². The Labute approximate surface area is 227 Å². The first-order chi connectivity index (χ1) is 18.6. The predicted octanol–water partition coefficient (Wildman–Crippen LogP) is 4.98. The van der Waals surface area contributed by atoms with Crippen LogP contribution in [-0.2, 0) is 20.2 Å². The van der Waals surface area contributed by atoms with Gasteiger partial charge in [0.25, 0.3) is 0 Å². The van der Waals surface area contributed by atoms with Crippen LogP contribution in [0.4, 0.5) is 14.5 Å². The molecule has 39 heavy (non-hydrogen) atoms. The van der Waals surface area contributed by atoms with Crippen LogP contribution in [-0.4, -0.2) is 49.2 Å². The van der Waals surface area contributed by atoms with E-state index in [2.05, 4.69) is 14.8 Å². The van der Waals surface area contributed by atoms with Gasteiger partial charge in [0, 0.05) is 21.1 Å². The molecule has 208 valence electrons. The Balaban J connectivity index is 0.00000194. The lowest BCUT2D eigenvalue weighted by molar-refractivity contribution is -0.286. The minimum absolute atomic E-state index is 0. The van der Waals surface area contributed by atoms with Crippen molar-refractivity contribution < 1.29 is 39.4 Å². The van der Waals surface area contributed by atoms with Crippen molar-refractivity contribution in [2.45, 2.75) is 48.3 Å². The van der Waals surface area contributed by atoms with Crippen LogP contribution in [0.3, 0.4) is 0 Å². The number of ether oxygens (including phenoxy) is 2. The normalized spacial score (nSPS) is 21.1. The maximum atomic E-state index is 13.4. The molecule has 1 amide bonds. The van der Waals surface area contributed by atoms with Crippen molar-refractivity contribution in [3.8, 4) is 22.6 Å². The Morgan fingerprint density at radius 3 is 2.49 bits per heavy atom. The van der Waals surface area contributed by atoms with E-state index in [-0.39, 0.29) is 31.8 Å². The molecule has 0 unspecified atom stereocenters. The lowest BCUT2D eigenvalue weighted by Gasteiger charge is -2.22. The van der Waals surface area contributed by atoms with Gasteiger partial charge in [-0.15, -0.1) is 8.78 Å². The molecule has 2 aliphatic heterocycles. The summed E-state index contributed by atoms with van der Waals surface area (Å²) in [6, 6.07) is 17.7. The van der Waals surface area contributed by atoms with E-state index in [9.17, 15) is 27.1 Å². The highest BCUT2D eigenvalue weighted by atomic mass is 32.2. The van der Waals surface area contributed by atoms with Crippen LogP contribution in [0.1, 0.15) is 34.1 Å². The Bertz CT molecular complexity index is 1550. The zero-order chi connectivity index (χ0) is 27.4. The summed E-state index contributed by atoms with van der Waals surface area (Å²) >= 11 is 0. The number of anilines is 1. The SMILES string of the molecule is O=C(Nc1cccc(-c2ccc(S(=O)(=O)N3CCC[C@@H]3CO)cc2)c1)C1(c2ccc3c(c2)OC(F)(F)O3)CC1.[HH].[HH]. The number of hydrogen-bond donors (Lipinski definition) is 2. The van der Waals surface area contributed by atoms with E-state index < -0.39 is 27.8 Å². The first-order valence-corrected chi connectivity index (χ1v) is 14.1. The Morgan fingerprint density at radius 2 is 1.77 bits per heavy atom. The smallest absolute Gasteiger partial charge is 0.395 e. The van der Waals surface area contributed by atoms with Crippen LogP contribution in [0.25, 0.3) is 11.1 Å². The number of nitrogens with zero attached hydrogens (tertiary/aromatic N) is 1. The van der Waals surface area contributed by atoms with Crippen LogP contribution in [0.5, 0.6) is 11.5 Å². The number of aliphatic hydroxyl groups is 1. The summed E-state index contributed by atoms with van der Waals surface area (Å²) < 4.78 is 63.3. The number of benzene rings is 3. The number of alkyl halides is 2. The average molecular weight is 561 g/mol. The quantitative estimate of drug-likeness (QED) is 0.422. The zero-order valence-corrected chi connectivity index (χ0v) is 21.6. The summed E-state index contributed by atoms with van der Waals surface area (Å²) in [4.78, 5) is 13.4. The number of fused-ring (bicyclic) bond motifs is 1. The number of amides is 1. The Kier molecular flexibility index (Phi) is 6.12. The topological polar surface area (TPSA) is 105 Å². The molecule has 0 spiro atoms. The van der Waals surface area contributed by atoms with E-state index in [1.54, 1.807) is 48.5 Å². The fraction of sp³-hybridized carbons (Fsp3) is 0.321. The van der Waals surface area contributed by atoms with Gasteiger partial charge in [-0.25, -0.2) is 8.42 Å². The lowest BCUT2D eigenvalue weighted by Crippen LogP contribution is -2.37. The highest BCUT2D eigenvalue weighted by Crippen LogP contribution is 2.52. The van der Waals surface area contributed by atoms with E-state index in [1.165, 1.54) is 16.4 Å².